The van der Waals surface area contributed by atoms with E-state index in [1.807, 2.05) is 0 Å². The quantitative estimate of drug-likeness (QED) is 0.912. The van der Waals surface area contributed by atoms with E-state index in [1.165, 1.54) is 16.7 Å². The van der Waals surface area contributed by atoms with Crippen molar-refractivity contribution in [2.24, 2.45) is 5.14 Å². The number of hydrogen-bond acceptors (Lipinski definition) is 3. The number of hydrogen-bond donors (Lipinski definition) is 1. The van der Waals surface area contributed by atoms with Gasteiger partial charge in [-0.2, -0.15) is 0 Å². The van der Waals surface area contributed by atoms with Gasteiger partial charge in [0, 0.05) is 16.7 Å². The number of benzene rings is 1. The van der Waals surface area contributed by atoms with E-state index >= 15 is 0 Å². The van der Waals surface area contributed by atoms with E-state index in [4.69, 9.17) is 5.14 Å². The molecule has 1 aromatic carbocycles. The number of nitrogens with zero attached hydrogens (tertiary/aromatic N) is 1. The summed E-state index contributed by atoms with van der Waals surface area (Å²) < 4.78 is 25.1. The molecule has 0 unspecified atom stereocenters. The summed E-state index contributed by atoms with van der Waals surface area (Å²) in [7, 11) is -3.80. The molecule has 0 aliphatic carbocycles. The van der Waals surface area contributed by atoms with Crippen molar-refractivity contribution < 1.29 is 8.42 Å². The largest absolute Gasteiger partial charge is 0.310 e. The van der Waals surface area contributed by atoms with Crippen LogP contribution in [0.3, 0.4) is 0 Å². The lowest BCUT2D eigenvalue weighted by molar-refractivity contribution is 0.595. The number of sulfonamides is 1. The molecule has 5 nitrogen and oxygen atoms in total. The molecule has 0 aliphatic heterocycles. The summed E-state index contributed by atoms with van der Waals surface area (Å²) in [5, 5.41) is 5.15. The van der Waals surface area contributed by atoms with Crippen LogP contribution in [0.25, 0.3) is 0 Å². The lowest BCUT2D eigenvalue weighted by Gasteiger charge is -2.09. The van der Waals surface area contributed by atoms with E-state index in [2.05, 4.69) is 15.9 Å². The number of primary sulfonamides is 1. The molecule has 0 fully saturated rings. The molecule has 0 atom stereocenters. The summed E-state index contributed by atoms with van der Waals surface area (Å²) in [6.07, 6.45) is 1.60. The molecule has 0 radical (unpaired) electrons. The minimum atomic E-state index is -3.80. The second kappa shape index (κ2) is 5.28. The number of nitrogens with two attached hydrogens (primary N) is 1. The van der Waals surface area contributed by atoms with Gasteiger partial charge in [-0.25, -0.2) is 13.6 Å². The zero-order valence-corrected chi connectivity index (χ0v) is 12.2. The summed E-state index contributed by atoms with van der Waals surface area (Å²) >= 11 is 3.27. The van der Waals surface area contributed by atoms with Crippen LogP contribution in [0.1, 0.15) is 5.56 Å². The Morgan fingerprint density at radius 2 is 1.84 bits per heavy atom. The predicted molar refractivity (Wildman–Crippen MR) is 75.3 cm³/mol. The van der Waals surface area contributed by atoms with Gasteiger partial charge in [-0.3, -0.25) is 4.79 Å². The first kappa shape index (κ1) is 14.0. The van der Waals surface area contributed by atoms with Crippen molar-refractivity contribution in [3.8, 4) is 0 Å². The first-order valence-electron chi connectivity index (χ1n) is 5.34. The van der Waals surface area contributed by atoms with Crippen molar-refractivity contribution in [2.75, 3.05) is 0 Å². The van der Waals surface area contributed by atoms with Gasteiger partial charge >= 0.3 is 0 Å². The minimum absolute atomic E-state index is 0.0295. The lowest BCUT2D eigenvalue weighted by atomic mass is 10.2. The summed E-state index contributed by atoms with van der Waals surface area (Å²) in [5.74, 6) is 0. The van der Waals surface area contributed by atoms with E-state index in [1.54, 1.807) is 30.5 Å². The molecule has 1 aromatic heterocycles. The third-order valence-corrected chi connectivity index (χ3v) is 4.05. The second-order valence-electron chi connectivity index (χ2n) is 3.97. The first-order valence-corrected chi connectivity index (χ1v) is 7.68. The van der Waals surface area contributed by atoms with Crippen LogP contribution >= 0.6 is 15.9 Å². The highest BCUT2D eigenvalue weighted by molar-refractivity contribution is 9.10. The van der Waals surface area contributed by atoms with Gasteiger partial charge in [0.15, 0.2) is 0 Å². The average Bonchev–Trinajstić information content (AvgIpc) is 2.33. The third kappa shape index (κ3) is 3.31. The molecule has 0 amide bonds. The van der Waals surface area contributed by atoms with E-state index in [9.17, 15) is 13.2 Å². The number of aromatic nitrogens is 1. The fourth-order valence-corrected chi connectivity index (χ4v) is 2.87. The predicted octanol–water partition coefficient (Wildman–Crippen LogP) is 1.31. The first-order chi connectivity index (χ1) is 8.88. The van der Waals surface area contributed by atoms with Crippen molar-refractivity contribution in [3.05, 3.63) is 63.0 Å². The fraction of sp³-hybridized carbons (Fsp3) is 0.0833. The van der Waals surface area contributed by atoms with Gasteiger partial charge in [0.1, 0.15) is 0 Å². The van der Waals surface area contributed by atoms with Crippen LogP contribution in [-0.4, -0.2) is 13.0 Å². The molecule has 19 heavy (non-hydrogen) atoms. The van der Waals surface area contributed by atoms with Gasteiger partial charge < -0.3 is 4.57 Å². The van der Waals surface area contributed by atoms with Crippen molar-refractivity contribution >= 4 is 26.0 Å². The van der Waals surface area contributed by atoms with Crippen LogP contribution in [0.15, 0.2) is 56.8 Å². The van der Waals surface area contributed by atoms with E-state index in [-0.39, 0.29) is 17.0 Å². The summed E-state index contributed by atoms with van der Waals surface area (Å²) in [6, 6.07) is 9.38. The molecule has 0 saturated heterocycles. The maximum atomic E-state index is 11.7. The average molecular weight is 343 g/mol. The van der Waals surface area contributed by atoms with Crippen molar-refractivity contribution in [1.82, 2.24) is 4.57 Å². The Morgan fingerprint density at radius 1 is 1.16 bits per heavy atom. The summed E-state index contributed by atoms with van der Waals surface area (Å²) in [4.78, 5) is 11.7. The van der Waals surface area contributed by atoms with Gasteiger partial charge in [0.2, 0.25) is 10.0 Å². The van der Waals surface area contributed by atoms with Gasteiger partial charge in [-0.15, -0.1) is 0 Å². The third-order valence-electron chi connectivity index (χ3n) is 2.57. The lowest BCUT2D eigenvalue weighted by Crippen LogP contribution is -2.21. The smallest absolute Gasteiger partial charge is 0.250 e. The molecule has 100 valence electrons. The van der Waals surface area contributed by atoms with Crippen LogP contribution < -0.4 is 10.7 Å². The Bertz CT molecular complexity index is 769. The van der Waals surface area contributed by atoms with Crippen LogP contribution in [0.2, 0.25) is 0 Å². The molecule has 7 heteroatoms. The van der Waals surface area contributed by atoms with Crippen LogP contribution in [0.4, 0.5) is 0 Å². The standard InChI is InChI=1S/C12H11BrN2O3S/c13-10-5-6-12(16)15(8-10)7-9-3-1-2-4-11(9)19(14,17)18/h1-6,8H,7H2,(H2,14,17,18). The molecule has 0 saturated carbocycles. The number of pyridine rings is 1. The van der Waals surface area contributed by atoms with Gasteiger partial charge in [-0.05, 0) is 33.6 Å². The van der Waals surface area contributed by atoms with Crippen molar-refractivity contribution in [2.45, 2.75) is 11.4 Å². The monoisotopic (exact) mass is 342 g/mol. The molecule has 0 spiro atoms. The Labute approximate surface area is 118 Å². The molecule has 2 N–H and O–H groups in total. The van der Waals surface area contributed by atoms with Crippen LogP contribution in [0, 0.1) is 0 Å². The molecular weight excluding hydrogens is 332 g/mol. The van der Waals surface area contributed by atoms with Crippen molar-refractivity contribution in [3.63, 3.8) is 0 Å². The highest BCUT2D eigenvalue weighted by Crippen LogP contribution is 2.15. The van der Waals surface area contributed by atoms with E-state index in [0.29, 0.717) is 5.56 Å². The highest BCUT2D eigenvalue weighted by Gasteiger charge is 2.13. The zero-order valence-electron chi connectivity index (χ0n) is 9.78. The van der Waals surface area contributed by atoms with E-state index < -0.39 is 10.0 Å². The highest BCUT2D eigenvalue weighted by atomic mass is 79.9. The Balaban J connectivity index is 2.50. The molecular formula is C12H11BrN2O3S. The summed E-state index contributed by atoms with van der Waals surface area (Å²) in [5.41, 5.74) is 0.262. The number of rotatable bonds is 3. The molecule has 0 aliphatic rings. The van der Waals surface area contributed by atoms with Crippen LogP contribution in [-0.2, 0) is 16.6 Å². The van der Waals surface area contributed by atoms with E-state index in [0.717, 1.165) is 4.47 Å². The topological polar surface area (TPSA) is 82.2 Å². The van der Waals surface area contributed by atoms with Crippen LogP contribution in [0.5, 0.6) is 0 Å². The maximum Gasteiger partial charge on any atom is 0.250 e. The van der Waals surface area contributed by atoms with Crippen molar-refractivity contribution in [1.29, 1.82) is 0 Å². The Morgan fingerprint density at radius 3 is 2.53 bits per heavy atom. The maximum absolute atomic E-state index is 11.7. The van der Waals surface area contributed by atoms with Gasteiger partial charge in [-0.1, -0.05) is 18.2 Å². The Kier molecular flexibility index (Phi) is 3.88. The summed E-state index contributed by atoms with van der Waals surface area (Å²) in [6.45, 7) is 0.144. The van der Waals surface area contributed by atoms with Gasteiger partial charge in [0.05, 0.1) is 11.4 Å². The normalized spacial score (nSPS) is 11.5. The number of halogens is 1. The molecule has 0 bridgehead atoms. The fourth-order valence-electron chi connectivity index (χ4n) is 1.72. The zero-order chi connectivity index (χ0) is 14.0. The molecule has 1 heterocycles. The SMILES string of the molecule is NS(=O)(=O)c1ccccc1Cn1cc(Br)ccc1=O. The molecule has 2 rings (SSSR count). The minimum Gasteiger partial charge on any atom is -0.310 e. The molecule has 2 aromatic rings. The Hall–Kier alpha value is -1.44. The second-order valence-corrected chi connectivity index (χ2v) is 6.41. The van der Waals surface area contributed by atoms with Gasteiger partial charge in [0.25, 0.3) is 5.56 Å².